The van der Waals surface area contributed by atoms with Gasteiger partial charge in [0.1, 0.15) is 46.0 Å². The minimum Gasteiger partial charge on any atom is -0.365 e. The number of likely N-dealkylation sites (tertiary alicyclic amines) is 4. The Morgan fingerprint density at radius 3 is 1.06 bits per heavy atom. The van der Waals surface area contributed by atoms with Crippen LogP contribution in [0, 0.1) is 65.2 Å². The van der Waals surface area contributed by atoms with Gasteiger partial charge in [0.25, 0.3) is 23.6 Å². The summed E-state index contributed by atoms with van der Waals surface area (Å²) < 4.78 is 0. The summed E-state index contributed by atoms with van der Waals surface area (Å²) in [5.41, 5.74) is 14.7. The zero-order valence-corrected chi connectivity index (χ0v) is 67.1. The number of hydrogen-bond donors (Lipinski definition) is 4. The summed E-state index contributed by atoms with van der Waals surface area (Å²) >= 11 is 0. The number of pyridine rings is 12. The van der Waals surface area contributed by atoms with Gasteiger partial charge in [0.05, 0.1) is 58.1 Å². The van der Waals surface area contributed by atoms with Gasteiger partial charge in [-0.3, -0.25) is 59.0 Å². The minimum atomic E-state index is -0.0119. The molecule has 20 rings (SSSR count). The van der Waals surface area contributed by atoms with Crippen molar-refractivity contribution in [2.45, 2.75) is 141 Å². The normalized spacial score (nSPS) is 22.5. The molecule has 596 valence electrons. The molecule has 4 saturated carbocycles. The molecule has 12 atom stereocenters. The molecule has 0 radical (unpaired) electrons. The second-order valence-corrected chi connectivity index (χ2v) is 32.8. The molecule has 0 spiro atoms. The SMILES string of the molecule is Cc1ccc(NC2CC3CC2N(C(=O)c2cc(C)cnc2-c2ccccn2)C3)nc1.Cc1ccc(NC2CC3CC2N(C(=O)c2cccnc2-c2ccccn2)C3)nc1.Cc1ccc(NC2CC3CC2N(C(=O)c2nccc(C)c2-c2ccccn2)C3)nc1.Cc1ccc(NC2CC3CC2N(C(=O)c2ncccc2-c2ccccn2)C3)nc1. The number of aryl methyl sites for hydroxylation is 6. The lowest BCUT2D eigenvalue weighted by Crippen LogP contribution is -2.48. The lowest BCUT2D eigenvalue weighted by atomic mass is 10.0. The predicted molar refractivity (Wildman–Crippen MR) is 455 cm³/mol. The van der Waals surface area contributed by atoms with Gasteiger partial charge < -0.3 is 40.9 Å². The fraction of sp³-hybridized carbons (Fsp3) is 0.319. The molecule has 4 amide bonds. The quantitative estimate of drug-likeness (QED) is 0.0699. The van der Waals surface area contributed by atoms with Crippen molar-refractivity contribution in [3.8, 4) is 45.3 Å². The standard InChI is InChI=1S/2C24H25N5O.2C23H23N5O/c1-15-6-7-21(27-13-15)28-19-11-17-12-20(19)29(14-17)24(30)23-22(16(2)8-10-26-23)18-5-3-4-9-25-18;1-15-6-7-22(26-12-15)28-20-10-17-11-21(20)29(14-17)24(30)18-9-16(2)13-27-23(18)19-5-3-4-8-25-19;1-15-7-8-21(26-13-15)27-19-11-16-12-20(19)28(14-16)23(29)17-5-4-10-25-22(17)18-6-2-3-9-24-18;1-15-7-8-21(26-13-15)27-19-11-16-12-20(19)28(14-16)23(29)22-17(5-4-10-25-22)18-6-2-3-9-24-18/h3-10,13,17,19-20H,11-12,14H2,1-2H3,(H,27,28);3-9,12-13,17,20-21H,10-11,14H2,1-2H3,(H,26,28);2*2-10,13,16,19-20H,11-12,14H2,1H3,(H,26,27). The van der Waals surface area contributed by atoms with Crippen molar-refractivity contribution in [1.29, 1.82) is 0 Å². The van der Waals surface area contributed by atoms with Crippen LogP contribution >= 0.6 is 0 Å². The molecule has 24 nitrogen and oxygen atoms in total. The van der Waals surface area contributed by atoms with E-state index in [1.54, 1.807) is 49.6 Å². The Kier molecular flexibility index (Phi) is 22.6. The van der Waals surface area contributed by atoms with Gasteiger partial charge in [0.2, 0.25) is 0 Å². The molecule has 12 unspecified atom stereocenters. The van der Waals surface area contributed by atoms with E-state index < -0.39 is 0 Å². The van der Waals surface area contributed by atoms with Crippen molar-refractivity contribution >= 4 is 46.9 Å². The van der Waals surface area contributed by atoms with E-state index in [0.29, 0.717) is 57.6 Å². The van der Waals surface area contributed by atoms with Crippen LogP contribution < -0.4 is 21.3 Å². The zero-order chi connectivity index (χ0) is 80.9. The maximum absolute atomic E-state index is 13.6. The van der Waals surface area contributed by atoms with Crippen LogP contribution in [0.1, 0.15) is 126 Å². The Bertz CT molecular complexity index is 5290. The highest BCUT2D eigenvalue weighted by Gasteiger charge is 2.52. The summed E-state index contributed by atoms with van der Waals surface area (Å²) in [5.74, 6) is 5.64. The van der Waals surface area contributed by atoms with Gasteiger partial charge in [-0.1, -0.05) is 48.5 Å². The molecule has 8 fully saturated rings. The third kappa shape index (κ3) is 16.8. The number of nitrogens with zero attached hydrogens (tertiary/aromatic N) is 16. The first-order chi connectivity index (χ1) is 57.6. The smallest absolute Gasteiger partial charge is 0.273 e. The van der Waals surface area contributed by atoms with E-state index in [4.69, 9.17) is 0 Å². The second-order valence-electron chi connectivity index (χ2n) is 32.8. The molecule has 4 aliphatic heterocycles. The summed E-state index contributed by atoms with van der Waals surface area (Å²) in [6.45, 7) is 15.3. The fourth-order valence-electron chi connectivity index (χ4n) is 18.8. The third-order valence-corrected chi connectivity index (χ3v) is 24.3. The Hall–Kier alpha value is -13.1. The summed E-state index contributed by atoms with van der Waals surface area (Å²) in [6, 6.07) is 51.9. The Morgan fingerprint density at radius 2 is 0.653 bits per heavy atom. The molecule has 4 N–H and O–H groups in total. The van der Waals surface area contributed by atoms with E-state index >= 15 is 0 Å². The molecule has 0 aromatic carbocycles. The van der Waals surface area contributed by atoms with Crippen LogP contribution in [-0.4, -0.2) is 178 Å². The van der Waals surface area contributed by atoms with Gasteiger partial charge in [-0.15, -0.1) is 0 Å². The molecule has 12 aromatic heterocycles. The summed E-state index contributed by atoms with van der Waals surface area (Å²) in [7, 11) is 0. The van der Waals surface area contributed by atoms with Gasteiger partial charge in [0.15, 0.2) is 0 Å². The van der Waals surface area contributed by atoms with E-state index in [1.807, 2.05) is 219 Å². The second kappa shape index (κ2) is 34.4. The molecule has 8 bridgehead atoms. The number of rotatable bonds is 16. The van der Waals surface area contributed by atoms with Crippen LogP contribution in [0.3, 0.4) is 0 Å². The van der Waals surface area contributed by atoms with E-state index in [2.05, 4.69) is 105 Å². The molecular weight excluding hydrogens is 1470 g/mol. The van der Waals surface area contributed by atoms with Crippen LogP contribution in [0.15, 0.2) is 232 Å². The fourth-order valence-corrected chi connectivity index (χ4v) is 18.8. The van der Waals surface area contributed by atoms with E-state index in [9.17, 15) is 19.2 Å². The average Bonchev–Trinajstić information content (AvgIpc) is 1.57. The van der Waals surface area contributed by atoms with Crippen molar-refractivity contribution in [2.24, 2.45) is 23.7 Å². The van der Waals surface area contributed by atoms with Crippen molar-refractivity contribution in [3.05, 3.63) is 288 Å². The highest BCUT2D eigenvalue weighted by molar-refractivity contribution is 6.02. The lowest BCUT2D eigenvalue weighted by molar-refractivity contribution is 0.0680. The largest absolute Gasteiger partial charge is 0.365 e. The van der Waals surface area contributed by atoms with Crippen LogP contribution in [-0.2, 0) is 0 Å². The number of carbonyl (C=O) groups excluding carboxylic acids is 4. The Labute approximate surface area is 687 Å². The summed E-state index contributed by atoms with van der Waals surface area (Å²) in [5, 5.41) is 14.2. The molecule has 12 aromatic rings. The monoisotopic (exact) mass is 1570 g/mol. The van der Waals surface area contributed by atoms with Crippen LogP contribution in [0.25, 0.3) is 45.3 Å². The van der Waals surface area contributed by atoms with E-state index in [-0.39, 0.29) is 72.0 Å². The first-order valence-electron chi connectivity index (χ1n) is 41.0. The van der Waals surface area contributed by atoms with Crippen LogP contribution in [0.5, 0.6) is 0 Å². The van der Waals surface area contributed by atoms with Crippen molar-refractivity contribution in [2.75, 3.05) is 47.4 Å². The molecule has 118 heavy (non-hydrogen) atoms. The van der Waals surface area contributed by atoms with Gasteiger partial charge in [-0.2, -0.15) is 0 Å². The van der Waals surface area contributed by atoms with E-state index in [1.165, 1.54) is 0 Å². The van der Waals surface area contributed by atoms with Crippen LogP contribution in [0.2, 0.25) is 0 Å². The third-order valence-electron chi connectivity index (χ3n) is 24.3. The highest BCUT2D eigenvalue weighted by atomic mass is 16.2. The van der Waals surface area contributed by atoms with Gasteiger partial charge in [0, 0.05) is 136 Å². The highest BCUT2D eigenvalue weighted by Crippen LogP contribution is 2.45. The minimum absolute atomic E-state index is 0.00443. The molecule has 24 heteroatoms. The first kappa shape index (κ1) is 77.5. The maximum Gasteiger partial charge on any atom is 0.273 e. The van der Waals surface area contributed by atoms with Crippen molar-refractivity contribution in [3.63, 3.8) is 0 Å². The maximum atomic E-state index is 13.6. The van der Waals surface area contributed by atoms with Crippen molar-refractivity contribution in [1.82, 2.24) is 79.4 Å². The van der Waals surface area contributed by atoms with Gasteiger partial charge in [-0.05, 0) is 259 Å². The topological polar surface area (TPSA) is 284 Å². The number of anilines is 4. The summed E-state index contributed by atoms with van der Waals surface area (Å²) in [6.07, 6.45) is 29.7. The molecular formula is C94H96N20O4. The number of nitrogens with one attached hydrogen (secondary N) is 4. The van der Waals surface area contributed by atoms with Gasteiger partial charge in [-0.25, -0.2) is 19.9 Å². The number of carbonyl (C=O) groups is 4. The van der Waals surface area contributed by atoms with E-state index in [0.717, 1.165) is 168 Å². The summed E-state index contributed by atoms with van der Waals surface area (Å²) in [4.78, 5) is 116. The number of aromatic nitrogens is 12. The predicted octanol–water partition coefficient (Wildman–Crippen LogP) is 14.9. The van der Waals surface area contributed by atoms with Crippen LogP contribution in [0.4, 0.5) is 23.3 Å². The van der Waals surface area contributed by atoms with Crippen molar-refractivity contribution < 1.29 is 19.2 Å². The molecule has 16 heterocycles. The number of amides is 4. The molecule has 4 saturated heterocycles. The number of piperidine rings is 4. The molecule has 8 aliphatic rings. The lowest BCUT2D eigenvalue weighted by Gasteiger charge is -2.34. The average molecular weight is 1570 g/mol. The first-order valence-corrected chi connectivity index (χ1v) is 41.0. The van der Waals surface area contributed by atoms with Gasteiger partial charge >= 0.3 is 0 Å². The number of fused-ring (bicyclic) bond motifs is 8. The Morgan fingerprint density at radius 1 is 0.297 bits per heavy atom. The number of hydrogen-bond acceptors (Lipinski definition) is 20. The molecule has 4 aliphatic carbocycles. The Balaban J connectivity index is 0.000000113. The zero-order valence-electron chi connectivity index (χ0n) is 67.1.